The number of carbonyl (C=O) groups excluding carboxylic acids is 1. The maximum Gasteiger partial charge on any atom is 0.343 e. The van der Waals surface area contributed by atoms with Crippen LogP contribution < -0.4 is 5.63 Å². The number of fused-ring (bicyclic) bond motifs is 1. The summed E-state index contributed by atoms with van der Waals surface area (Å²) in [6.45, 7) is -0.599. The summed E-state index contributed by atoms with van der Waals surface area (Å²) < 4.78 is 4.71. The van der Waals surface area contributed by atoms with Gasteiger partial charge in [-0.05, 0) is 6.07 Å². The van der Waals surface area contributed by atoms with Crippen LogP contribution in [-0.2, 0) is 0 Å². The molecule has 0 atom stereocenters. The third kappa shape index (κ3) is 1.55. The molecule has 0 aliphatic rings. The van der Waals surface area contributed by atoms with Crippen LogP contribution in [0, 0.1) is 0 Å². The van der Waals surface area contributed by atoms with Crippen molar-refractivity contribution in [2.45, 2.75) is 0 Å². The Morgan fingerprint density at radius 3 is 2.60 bits per heavy atom. The van der Waals surface area contributed by atoms with Crippen LogP contribution in [0.25, 0.3) is 10.8 Å². The van der Waals surface area contributed by atoms with Crippen molar-refractivity contribution in [3.63, 3.8) is 0 Å². The fourth-order valence-corrected chi connectivity index (χ4v) is 1.44. The zero-order chi connectivity index (χ0) is 10.8. The van der Waals surface area contributed by atoms with Crippen LogP contribution in [0.1, 0.15) is 10.4 Å². The van der Waals surface area contributed by atoms with Gasteiger partial charge in [-0.3, -0.25) is 4.79 Å². The molecule has 76 valence electrons. The van der Waals surface area contributed by atoms with E-state index in [-0.39, 0.29) is 5.56 Å². The van der Waals surface area contributed by atoms with Crippen LogP contribution in [0.5, 0.6) is 0 Å². The van der Waals surface area contributed by atoms with Crippen molar-refractivity contribution in [2.24, 2.45) is 0 Å². The number of rotatable bonds is 2. The zero-order valence-electron chi connectivity index (χ0n) is 7.77. The van der Waals surface area contributed by atoms with Crippen molar-refractivity contribution in [2.75, 3.05) is 6.61 Å². The molecule has 2 rings (SSSR count). The van der Waals surface area contributed by atoms with Gasteiger partial charge in [0.05, 0.1) is 10.9 Å². The number of aliphatic hydroxyl groups is 1. The van der Waals surface area contributed by atoms with Gasteiger partial charge < -0.3 is 9.52 Å². The molecule has 1 N–H and O–H groups in total. The number of hydrogen-bond acceptors (Lipinski definition) is 4. The van der Waals surface area contributed by atoms with Crippen LogP contribution in [0.3, 0.4) is 0 Å². The summed E-state index contributed by atoms with van der Waals surface area (Å²) in [6.07, 6.45) is 1.09. The van der Waals surface area contributed by atoms with Gasteiger partial charge in [-0.2, -0.15) is 0 Å². The number of aliphatic hydroxyl groups excluding tert-OH is 1. The largest absolute Gasteiger partial charge is 0.430 e. The van der Waals surface area contributed by atoms with E-state index < -0.39 is 18.0 Å². The molecule has 1 aromatic carbocycles. The van der Waals surface area contributed by atoms with E-state index in [2.05, 4.69) is 0 Å². The van der Waals surface area contributed by atoms with Gasteiger partial charge >= 0.3 is 5.63 Å². The molecule has 1 heterocycles. The van der Waals surface area contributed by atoms with Gasteiger partial charge in [0.25, 0.3) is 0 Å². The molecule has 0 unspecified atom stereocenters. The second-order valence-corrected chi connectivity index (χ2v) is 3.06. The summed E-state index contributed by atoms with van der Waals surface area (Å²) in [6, 6.07) is 6.63. The lowest BCUT2D eigenvalue weighted by molar-refractivity contribution is 0.0903. The van der Waals surface area contributed by atoms with E-state index in [9.17, 15) is 9.59 Å². The summed E-state index contributed by atoms with van der Waals surface area (Å²) >= 11 is 0. The molecule has 2 aromatic rings. The van der Waals surface area contributed by atoms with Gasteiger partial charge in [0, 0.05) is 5.39 Å². The Bertz CT molecular complexity index is 568. The minimum absolute atomic E-state index is 0.229. The Morgan fingerprint density at radius 2 is 1.93 bits per heavy atom. The van der Waals surface area contributed by atoms with Gasteiger partial charge in [0.15, 0.2) is 5.78 Å². The van der Waals surface area contributed by atoms with Gasteiger partial charge in [0.2, 0.25) is 0 Å². The van der Waals surface area contributed by atoms with Crippen molar-refractivity contribution in [3.05, 3.63) is 46.5 Å². The summed E-state index contributed by atoms with van der Waals surface area (Å²) in [5.74, 6) is -0.463. The fourth-order valence-electron chi connectivity index (χ4n) is 1.44. The minimum Gasteiger partial charge on any atom is -0.430 e. The molecular formula is C11H8O4. The van der Waals surface area contributed by atoms with Crippen LogP contribution >= 0.6 is 0 Å². The fraction of sp³-hybridized carbons (Fsp3) is 0.0909. The van der Waals surface area contributed by atoms with Gasteiger partial charge in [-0.15, -0.1) is 0 Å². The van der Waals surface area contributed by atoms with Crippen molar-refractivity contribution in [3.8, 4) is 0 Å². The first-order valence-corrected chi connectivity index (χ1v) is 4.38. The Hall–Kier alpha value is -1.94. The highest BCUT2D eigenvalue weighted by atomic mass is 16.4. The molecule has 0 saturated heterocycles. The molecule has 4 heteroatoms. The van der Waals surface area contributed by atoms with Crippen molar-refractivity contribution in [1.29, 1.82) is 0 Å². The first-order chi connectivity index (χ1) is 7.24. The van der Waals surface area contributed by atoms with Crippen molar-refractivity contribution < 1.29 is 14.3 Å². The van der Waals surface area contributed by atoms with Crippen LogP contribution in [-0.4, -0.2) is 17.5 Å². The summed E-state index contributed by atoms with van der Waals surface area (Å²) in [5.41, 5.74) is -0.257. The smallest absolute Gasteiger partial charge is 0.343 e. The molecule has 0 bridgehead atoms. The highest BCUT2D eigenvalue weighted by Gasteiger charge is 2.11. The molecular weight excluding hydrogens is 196 g/mol. The predicted molar refractivity (Wildman–Crippen MR) is 53.9 cm³/mol. The molecule has 0 radical (unpaired) electrons. The number of benzene rings is 1. The van der Waals surface area contributed by atoms with E-state index in [0.29, 0.717) is 10.8 Å². The van der Waals surface area contributed by atoms with Crippen LogP contribution in [0.2, 0.25) is 0 Å². The lowest BCUT2D eigenvalue weighted by Crippen LogP contribution is -2.08. The van der Waals surface area contributed by atoms with Crippen LogP contribution in [0.4, 0.5) is 0 Å². The highest BCUT2D eigenvalue weighted by molar-refractivity contribution is 6.07. The Balaban J connectivity index is 2.83. The Morgan fingerprint density at radius 1 is 1.27 bits per heavy atom. The number of ketones is 1. The molecule has 0 aliphatic heterocycles. The quantitative estimate of drug-likeness (QED) is 0.740. The van der Waals surface area contributed by atoms with E-state index >= 15 is 0 Å². The molecule has 4 nitrogen and oxygen atoms in total. The topological polar surface area (TPSA) is 67.5 Å². The zero-order valence-corrected chi connectivity index (χ0v) is 7.77. The number of hydrogen-bond donors (Lipinski definition) is 1. The van der Waals surface area contributed by atoms with Crippen LogP contribution in [0.15, 0.2) is 39.7 Å². The van der Waals surface area contributed by atoms with Gasteiger partial charge in [-0.25, -0.2) is 4.79 Å². The second kappa shape index (κ2) is 3.67. The number of carbonyl (C=O) groups is 1. The number of Topliss-reactive ketones (excluding diaryl/α,β-unsaturated/α-hetero) is 1. The first-order valence-electron chi connectivity index (χ1n) is 4.38. The van der Waals surface area contributed by atoms with Crippen molar-refractivity contribution >= 4 is 16.6 Å². The average Bonchev–Trinajstić information content (AvgIpc) is 2.29. The lowest BCUT2D eigenvalue weighted by atomic mass is 10.1. The monoisotopic (exact) mass is 204 g/mol. The minimum atomic E-state index is -0.599. The third-order valence-electron chi connectivity index (χ3n) is 2.16. The van der Waals surface area contributed by atoms with E-state index in [1.165, 1.54) is 0 Å². The summed E-state index contributed by atoms with van der Waals surface area (Å²) in [4.78, 5) is 22.6. The molecule has 0 aliphatic carbocycles. The molecule has 15 heavy (non-hydrogen) atoms. The maximum atomic E-state index is 11.3. The van der Waals surface area contributed by atoms with Gasteiger partial charge in [-0.1, -0.05) is 18.2 Å². The normalized spacial score (nSPS) is 10.5. The lowest BCUT2D eigenvalue weighted by Gasteiger charge is -2.01. The maximum absolute atomic E-state index is 11.3. The van der Waals surface area contributed by atoms with E-state index in [4.69, 9.17) is 9.52 Å². The summed E-state index contributed by atoms with van der Waals surface area (Å²) in [7, 11) is 0. The average molecular weight is 204 g/mol. The molecule has 0 amide bonds. The van der Waals surface area contributed by atoms with E-state index in [0.717, 1.165) is 6.26 Å². The van der Waals surface area contributed by atoms with Gasteiger partial charge in [0.1, 0.15) is 12.9 Å². The molecule has 0 spiro atoms. The SMILES string of the molecule is O=C(CO)c1coc(=O)c2ccccc12. The molecule has 0 saturated carbocycles. The van der Waals surface area contributed by atoms with Crippen molar-refractivity contribution in [1.82, 2.24) is 0 Å². The Labute approximate surface area is 84.8 Å². The third-order valence-corrected chi connectivity index (χ3v) is 2.16. The predicted octanol–water partition coefficient (Wildman–Crippen LogP) is 0.968. The summed E-state index contributed by atoms with van der Waals surface area (Å²) in [5, 5.41) is 9.60. The molecule has 0 fully saturated rings. The molecule has 1 aromatic heterocycles. The van der Waals surface area contributed by atoms with E-state index in [1.807, 2.05) is 0 Å². The first kappa shape index (κ1) is 9.61. The Kier molecular flexibility index (Phi) is 2.35. The second-order valence-electron chi connectivity index (χ2n) is 3.06. The van der Waals surface area contributed by atoms with E-state index in [1.54, 1.807) is 24.3 Å². The highest BCUT2D eigenvalue weighted by Crippen LogP contribution is 2.15. The standard InChI is InChI=1S/C11H8O4/c12-5-10(13)9-6-15-11(14)8-4-2-1-3-7(8)9/h1-4,6,12H,5H2.